The number of hydrogen-bond donors (Lipinski definition) is 1. The number of nitrogens with zero attached hydrogens (tertiary/aromatic N) is 2. The summed E-state index contributed by atoms with van der Waals surface area (Å²) in [6.07, 6.45) is 4.10. The first kappa shape index (κ1) is 12.6. The third-order valence-corrected chi connectivity index (χ3v) is 3.25. The first-order valence-corrected chi connectivity index (χ1v) is 6.30. The number of methoxy groups -OCH3 is 1. The van der Waals surface area contributed by atoms with Gasteiger partial charge in [0.15, 0.2) is 0 Å². The van der Waals surface area contributed by atoms with Crippen molar-refractivity contribution in [3.63, 3.8) is 0 Å². The van der Waals surface area contributed by atoms with E-state index in [-0.39, 0.29) is 0 Å². The van der Waals surface area contributed by atoms with Gasteiger partial charge in [-0.2, -0.15) is 0 Å². The number of benzene rings is 1. The summed E-state index contributed by atoms with van der Waals surface area (Å²) in [5.41, 5.74) is 1.28. The van der Waals surface area contributed by atoms with E-state index in [4.69, 9.17) is 4.74 Å². The van der Waals surface area contributed by atoms with Gasteiger partial charge in [-0.25, -0.2) is 0 Å². The van der Waals surface area contributed by atoms with Crippen LogP contribution in [0.5, 0.6) is 5.75 Å². The summed E-state index contributed by atoms with van der Waals surface area (Å²) in [4.78, 5) is 8.39. The zero-order valence-electron chi connectivity index (χ0n) is 11.0. The van der Waals surface area contributed by atoms with E-state index in [9.17, 15) is 5.11 Å². The molecule has 0 aliphatic rings. The summed E-state index contributed by atoms with van der Waals surface area (Å²) in [7, 11) is 1.57. The molecule has 0 saturated carbocycles. The summed E-state index contributed by atoms with van der Waals surface area (Å²) < 4.78 is 5.13. The number of aromatic nitrogens is 2. The Morgan fingerprint density at radius 2 is 2.00 bits per heavy atom. The summed E-state index contributed by atoms with van der Waals surface area (Å²) in [6.45, 7) is 0. The zero-order chi connectivity index (χ0) is 13.9. The maximum Gasteiger partial charge on any atom is 0.137 e. The van der Waals surface area contributed by atoms with Crippen LogP contribution in [-0.4, -0.2) is 22.2 Å². The van der Waals surface area contributed by atoms with Crippen LogP contribution < -0.4 is 4.74 Å². The molecule has 2 aromatic heterocycles. The van der Waals surface area contributed by atoms with Crippen molar-refractivity contribution in [3.8, 4) is 5.75 Å². The first-order valence-electron chi connectivity index (χ1n) is 6.30. The van der Waals surface area contributed by atoms with Crippen LogP contribution in [0.3, 0.4) is 0 Å². The molecule has 4 heteroatoms. The van der Waals surface area contributed by atoms with Crippen LogP contribution >= 0.6 is 0 Å². The molecule has 0 aliphatic carbocycles. The number of rotatable bonds is 3. The molecule has 0 amide bonds. The second kappa shape index (κ2) is 5.27. The fraction of sp³-hybridized carbons (Fsp3) is 0.125. The molecule has 2 heterocycles. The molecule has 0 saturated heterocycles. The van der Waals surface area contributed by atoms with Gasteiger partial charge in [0.25, 0.3) is 0 Å². The molecule has 1 aromatic carbocycles. The molecular weight excluding hydrogens is 252 g/mol. The lowest BCUT2D eigenvalue weighted by Gasteiger charge is -2.13. The molecule has 3 rings (SSSR count). The highest BCUT2D eigenvalue weighted by Gasteiger charge is 2.15. The Kier molecular flexibility index (Phi) is 3.31. The summed E-state index contributed by atoms with van der Waals surface area (Å²) >= 11 is 0. The fourth-order valence-electron chi connectivity index (χ4n) is 2.22. The van der Waals surface area contributed by atoms with Crippen molar-refractivity contribution in [1.29, 1.82) is 0 Å². The van der Waals surface area contributed by atoms with Crippen LogP contribution in [0.4, 0.5) is 0 Å². The number of pyridine rings is 2. The lowest BCUT2D eigenvalue weighted by molar-refractivity contribution is 0.216. The van der Waals surface area contributed by atoms with Crippen molar-refractivity contribution in [3.05, 3.63) is 66.2 Å². The highest BCUT2D eigenvalue weighted by molar-refractivity contribution is 5.84. The molecule has 100 valence electrons. The second-order valence-electron chi connectivity index (χ2n) is 4.48. The van der Waals surface area contributed by atoms with Crippen molar-refractivity contribution in [1.82, 2.24) is 9.97 Å². The van der Waals surface area contributed by atoms with Gasteiger partial charge >= 0.3 is 0 Å². The molecule has 1 N–H and O–H groups in total. The van der Waals surface area contributed by atoms with E-state index >= 15 is 0 Å². The van der Waals surface area contributed by atoms with E-state index in [0.717, 1.165) is 10.8 Å². The van der Waals surface area contributed by atoms with Crippen molar-refractivity contribution in [2.24, 2.45) is 0 Å². The molecule has 0 fully saturated rings. The van der Waals surface area contributed by atoms with Gasteiger partial charge < -0.3 is 9.84 Å². The van der Waals surface area contributed by atoms with E-state index in [1.807, 2.05) is 30.3 Å². The second-order valence-corrected chi connectivity index (χ2v) is 4.48. The Hall–Kier alpha value is -2.46. The van der Waals surface area contributed by atoms with Crippen molar-refractivity contribution in [2.75, 3.05) is 7.11 Å². The number of aliphatic hydroxyl groups excluding tert-OH is 1. The topological polar surface area (TPSA) is 55.2 Å². The van der Waals surface area contributed by atoms with Gasteiger partial charge in [-0.1, -0.05) is 24.3 Å². The SMILES string of the molecule is COc1cncc(C(O)c2nccc3ccccc23)c1. The van der Waals surface area contributed by atoms with E-state index in [2.05, 4.69) is 9.97 Å². The number of aliphatic hydroxyl groups is 1. The average Bonchev–Trinajstić information content (AvgIpc) is 2.53. The molecule has 0 bridgehead atoms. The Morgan fingerprint density at radius 1 is 1.15 bits per heavy atom. The number of ether oxygens (including phenoxy) is 1. The Morgan fingerprint density at radius 3 is 2.85 bits per heavy atom. The smallest absolute Gasteiger partial charge is 0.137 e. The van der Waals surface area contributed by atoms with Crippen LogP contribution in [0.15, 0.2) is 55.0 Å². The highest BCUT2D eigenvalue weighted by atomic mass is 16.5. The monoisotopic (exact) mass is 266 g/mol. The van der Waals surface area contributed by atoms with Crippen LogP contribution in [-0.2, 0) is 0 Å². The van der Waals surface area contributed by atoms with Crippen LogP contribution in [0.2, 0.25) is 0 Å². The standard InChI is InChI=1S/C16H14N2O2/c1-20-13-8-12(9-17-10-13)16(19)15-14-5-3-2-4-11(14)6-7-18-15/h2-10,16,19H,1H3. The normalized spacial score (nSPS) is 12.3. The minimum Gasteiger partial charge on any atom is -0.495 e. The maximum absolute atomic E-state index is 10.6. The van der Waals surface area contributed by atoms with Crippen LogP contribution in [0.1, 0.15) is 17.4 Å². The Labute approximate surface area is 116 Å². The van der Waals surface area contributed by atoms with Crippen LogP contribution in [0.25, 0.3) is 10.8 Å². The van der Waals surface area contributed by atoms with Gasteiger partial charge in [0, 0.05) is 23.3 Å². The molecule has 3 aromatic rings. The summed E-state index contributed by atoms with van der Waals surface area (Å²) in [5.74, 6) is 0.613. The third-order valence-electron chi connectivity index (χ3n) is 3.25. The van der Waals surface area contributed by atoms with Gasteiger partial charge in [0.1, 0.15) is 11.9 Å². The van der Waals surface area contributed by atoms with E-state index in [0.29, 0.717) is 17.0 Å². The molecule has 0 aliphatic heterocycles. The van der Waals surface area contributed by atoms with Gasteiger partial charge in [-0.05, 0) is 17.5 Å². The van der Waals surface area contributed by atoms with Gasteiger partial charge in [0.2, 0.25) is 0 Å². The summed E-state index contributed by atoms with van der Waals surface area (Å²) in [6, 6.07) is 11.5. The zero-order valence-corrected chi connectivity index (χ0v) is 11.0. The molecule has 20 heavy (non-hydrogen) atoms. The van der Waals surface area contributed by atoms with Gasteiger partial charge in [-0.15, -0.1) is 0 Å². The highest BCUT2D eigenvalue weighted by Crippen LogP contribution is 2.27. The van der Waals surface area contributed by atoms with E-state index in [1.54, 1.807) is 31.8 Å². The molecule has 1 unspecified atom stereocenters. The van der Waals surface area contributed by atoms with Crippen molar-refractivity contribution >= 4 is 10.8 Å². The lowest BCUT2D eigenvalue weighted by Crippen LogP contribution is -2.04. The lowest BCUT2D eigenvalue weighted by atomic mass is 10.0. The predicted molar refractivity (Wildman–Crippen MR) is 76.6 cm³/mol. The molecule has 0 radical (unpaired) electrons. The van der Waals surface area contributed by atoms with E-state index < -0.39 is 6.10 Å². The minimum absolute atomic E-state index is 0.613. The fourth-order valence-corrected chi connectivity index (χ4v) is 2.22. The molecule has 1 atom stereocenters. The largest absolute Gasteiger partial charge is 0.495 e. The van der Waals surface area contributed by atoms with Crippen molar-refractivity contribution < 1.29 is 9.84 Å². The average molecular weight is 266 g/mol. The maximum atomic E-state index is 10.6. The number of fused-ring (bicyclic) bond motifs is 1. The Bertz CT molecular complexity index is 738. The molecular formula is C16H14N2O2. The molecule has 4 nitrogen and oxygen atoms in total. The quantitative estimate of drug-likeness (QED) is 0.792. The van der Waals surface area contributed by atoms with Gasteiger partial charge in [0.05, 0.1) is 19.0 Å². The van der Waals surface area contributed by atoms with E-state index in [1.165, 1.54) is 0 Å². The minimum atomic E-state index is -0.830. The summed E-state index contributed by atoms with van der Waals surface area (Å²) in [5, 5.41) is 12.5. The Balaban J connectivity index is 2.10. The third kappa shape index (κ3) is 2.21. The van der Waals surface area contributed by atoms with Crippen molar-refractivity contribution in [2.45, 2.75) is 6.10 Å². The molecule has 0 spiro atoms. The number of hydrogen-bond acceptors (Lipinski definition) is 4. The van der Waals surface area contributed by atoms with Crippen LogP contribution in [0, 0.1) is 0 Å². The first-order chi connectivity index (χ1) is 9.79. The predicted octanol–water partition coefficient (Wildman–Crippen LogP) is 2.72. The van der Waals surface area contributed by atoms with Gasteiger partial charge in [-0.3, -0.25) is 9.97 Å².